The predicted octanol–water partition coefficient (Wildman–Crippen LogP) is 0.0793. The Bertz CT molecular complexity index is 383. The zero-order chi connectivity index (χ0) is 14.3. The van der Waals surface area contributed by atoms with Gasteiger partial charge in [0.25, 0.3) is 0 Å². The van der Waals surface area contributed by atoms with Crippen molar-refractivity contribution in [1.29, 1.82) is 0 Å². The molecule has 0 aliphatic carbocycles. The maximum atomic E-state index is 12.0. The maximum Gasteiger partial charge on any atom is 0.238 e. The topological polar surface area (TPSA) is 86.7 Å². The van der Waals surface area contributed by atoms with Crippen LogP contribution in [-0.2, 0) is 14.8 Å². The average Bonchev–Trinajstić information content (AvgIpc) is 2.84. The minimum absolute atomic E-state index is 0.0985. The fourth-order valence-electron chi connectivity index (χ4n) is 2.28. The molecule has 1 heterocycles. The molecule has 0 saturated carbocycles. The Kier molecular flexibility index (Phi) is 6.74. The summed E-state index contributed by atoms with van der Waals surface area (Å²) >= 11 is 0. The Morgan fingerprint density at radius 1 is 1.42 bits per heavy atom. The highest BCUT2D eigenvalue weighted by atomic mass is 32.2. The molecule has 1 fully saturated rings. The van der Waals surface area contributed by atoms with Crippen LogP contribution >= 0.6 is 0 Å². The van der Waals surface area contributed by atoms with Gasteiger partial charge in [0.1, 0.15) is 6.04 Å². The van der Waals surface area contributed by atoms with E-state index in [-0.39, 0.29) is 18.3 Å². The van der Waals surface area contributed by atoms with Gasteiger partial charge in [-0.05, 0) is 32.1 Å². The first-order chi connectivity index (χ1) is 9.03. The zero-order valence-electron chi connectivity index (χ0n) is 11.5. The summed E-state index contributed by atoms with van der Waals surface area (Å²) in [6.45, 7) is 2.85. The van der Waals surface area contributed by atoms with E-state index < -0.39 is 16.1 Å². The Balaban J connectivity index is 2.54. The lowest BCUT2D eigenvalue weighted by Crippen LogP contribution is -2.46. The Labute approximate surface area is 115 Å². The summed E-state index contributed by atoms with van der Waals surface area (Å²) in [6, 6.07) is -0.550. The Morgan fingerprint density at radius 3 is 2.79 bits per heavy atom. The highest BCUT2D eigenvalue weighted by molar-refractivity contribution is 7.89. The second kappa shape index (κ2) is 7.81. The number of amides is 1. The van der Waals surface area contributed by atoms with Crippen LogP contribution in [0, 0.1) is 0 Å². The lowest BCUT2D eigenvalue weighted by Gasteiger charge is -2.23. The normalized spacial score (nSPS) is 20.6. The molecular formula is C12H24N2O4S. The van der Waals surface area contributed by atoms with Gasteiger partial charge in [0, 0.05) is 19.7 Å². The number of hydrogen-bond acceptors (Lipinski definition) is 4. The van der Waals surface area contributed by atoms with E-state index in [4.69, 9.17) is 5.11 Å². The van der Waals surface area contributed by atoms with Crippen molar-refractivity contribution >= 4 is 15.9 Å². The lowest BCUT2D eigenvalue weighted by atomic mass is 10.2. The van der Waals surface area contributed by atoms with E-state index in [1.165, 1.54) is 4.31 Å². The molecular weight excluding hydrogens is 268 g/mol. The van der Waals surface area contributed by atoms with Gasteiger partial charge in [0.15, 0.2) is 0 Å². The first-order valence-corrected chi connectivity index (χ1v) is 8.52. The van der Waals surface area contributed by atoms with E-state index in [1.54, 1.807) is 0 Å². The molecule has 0 radical (unpaired) electrons. The third-order valence-corrected chi connectivity index (χ3v) is 5.29. The number of carbonyl (C=O) groups is 1. The molecule has 2 N–H and O–H groups in total. The Hall–Kier alpha value is -0.660. The highest BCUT2D eigenvalue weighted by Gasteiger charge is 2.37. The van der Waals surface area contributed by atoms with Crippen LogP contribution in [0.4, 0.5) is 0 Å². The fourth-order valence-corrected chi connectivity index (χ4v) is 4.02. The Morgan fingerprint density at radius 2 is 2.16 bits per heavy atom. The minimum atomic E-state index is -3.31. The summed E-state index contributed by atoms with van der Waals surface area (Å²) in [5.41, 5.74) is 0. The van der Waals surface area contributed by atoms with Gasteiger partial charge in [-0.15, -0.1) is 0 Å². The minimum Gasteiger partial charge on any atom is -0.396 e. The molecule has 1 atom stereocenters. The van der Waals surface area contributed by atoms with Crippen LogP contribution < -0.4 is 5.32 Å². The maximum absolute atomic E-state index is 12.0. The largest absolute Gasteiger partial charge is 0.396 e. The van der Waals surface area contributed by atoms with Crippen LogP contribution in [0.15, 0.2) is 0 Å². The van der Waals surface area contributed by atoms with Crippen molar-refractivity contribution in [2.75, 3.05) is 25.4 Å². The summed E-state index contributed by atoms with van der Waals surface area (Å²) in [6.07, 6.45) is 3.23. The number of hydrogen-bond donors (Lipinski definition) is 2. The van der Waals surface area contributed by atoms with Gasteiger partial charge < -0.3 is 10.4 Å². The molecule has 1 saturated heterocycles. The van der Waals surface area contributed by atoms with Crippen LogP contribution in [0.2, 0.25) is 0 Å². The molecule has 0 bridgehead atoms. The van der Waals surface area contributed by atoms with Crippen molar-refractivity contribution in [3.8, 4) is 0 Å². The standard InChI is InChI=1S/C12H24N2O4S/c1-2-10-19(17,18)14-8-5-6-11(14)12(16)13-7-3-4-9-15/h11,15H,2-10H2,1H3,(H,13,16). The number of nitrogens with one attached hydrogen (secondary N) is 1. The summed E-state index contributed by atoms with van der Waals surface area (Å²) < 4.78 is 25.4. The van der Waals surface area contributed by atoms with Gasteiger partial charge in [-0.2, -0.15) is 4.31 Å². The van der Waals surface area contributed by atoms with Crippen molar-refractivity contribution < 1.29 is 18.3 Å². The predicted molar refractivity (Wildman–Crippen MR) is 73.1 cm³/mol. The molecule has 0 spiro atoms. The summed E-state index contributed by atoms with van der Waals surface area (Å²) in [7, 11) is -3.31. The van der Waals surface area contributed by atoms with E-state index in [9.17, 15) is 13.2 Å². The quantitative estimate of drug-likeness (QED) is 0.620. The summed E-state index contributed by atoms with van der Waals surface area (Å²) in [5.74, 6) is -0.114. The molecule has 1 aliphatic heterocycles. The van der Waals surface area contributed by atoms with Crippen molar-refractivity contribution in [3.05, 3.63) is 0 Å². The zero-order valence-corrected chi connectivity index (χ0v) is 12.3. The SMILES string of the molecule is CCCS(=O)(=O)N1CCCC1C(=O)NCCCCO. The second-order valence-corrected chi connectivity index (χ2v) is 6.85. The lowest BCUT2D eigenvalue weighted by molar-refractivity contribution is -0.124. The van der Waals surface area contributed by atoms with Gasteiger partial charge in [0.2, 0.25) is 15.9 Å². The third-order valence-electron chi connectivity index (χ3n) is 3.21. The summed E-state index contributed by atoms with van der Waals surface area (Å²) in [5, 5.41) is 11.4. The van der Waals surface area contributed by atoms with E-state index >= 15 is 0 Å². The van der Waals surface area contributed by atoms with Gasteiger partial charge in [-0.25, -0.2) is 8.42 Å². The van der Waals surface area contributed by atoms with Crippen molar-refractivity contribution in [3.63, 3.8) is 0 Å². The molecule has 0 aromatic rings. The first kappa shape index (κ1) is 16.4. The molecule has 1 unspecified atom stereocenters. The molecule has 0 aromatic heterocycles. The van der Waals surface area contributed by atoms with Crippen LogP contribution in [0.5, 0.6) is 0 Å². The molecule has 1 amide bonds. The second-order valence-electron chi connectivity index (χ2n) is 4.81. The molecule has 7 heteroatoms. The smallest absolute Gasteiger partial charge is 0.238 e. The number of unbranched alkanes of at least 4 members (excludes halogenated alkanes) is 1. The van der Waals surface area contributed by atoms with Crippen LogP contribution in [0.3, 0.4) is 0 Å². The van der Waals surface area contributed by atoms with E-state index in [0.29, 0.717) is 38.8 Å². The van der Waals surface area contributed by atoms with Crippen LogP contribution in [0.1, 0.15) is 39.0 Å². The molecule has 112 valence electrons. The number of rotatable bonds is 8. The van der Waals surface area contributed by atoms with Crippen molar-refractivity contribution in [2.24, 2.45) is 0 Å². The average molecular weight is 292 g/mol. The molecule has 0 aromatic carbocycles. The highest BCUT2D eigenvalue weighted by Crippen LogP contribution is 2.21. The van der Waals surface area contributed by atoms with Crippen molar-refractivity contribution in [1.82, 2.24) is 9.62 Å². The number of sulfonamides is 1. The fraction of sp³-hybridized carbons (Fsp3) is 0.917. The number of carbonyl (C=O) groups excluding carboxylic acids is 1. The number of aliphatic hydroxyl groups is 1. The molecule has 19 heavy (non-hydrogen) atoms. The van der Waals surface area contributed by atoms with Crippen LogP contribution in [-0.4, -0.2) is 55.2 Å². The number of nitrogens with zero attached hydrogens (tertiary/aromatic N) is 1. The third kappa shape index (κ3) is 4.74. The van der Waals surface area contributed by atoms with Gasteiger partial charge in [0.05, 0.1) is 5.75 Å². The summed E-state index contributed by atoms with van der Waals surface area (Å²) in [4.78, 5) is 12.0. The van der Waals surface area contributed by atoms with E-state index in [2.05, 4.69) is 5.32 Å². The number of aliphatic hydroxyl groups excluding tert-OH is 1. The van der Waals surface area contributed by atoms with E-state index in [1.807, 2.05) is 6.92 Å². The van der Waals surface area contributed by atoms with Crippen molar-refractivity contribution in [2.45, 2.75) is 45.1 Å². The van der Waals surface area contributed by atoms with Crippen LogP contribution in [0.25, 0.3) is 0 Å². The van der Waals surface area contributed by atoms with Gasteiger partial charge in [-0.3, -0.25) is 4.79 Å². The molecule has 1 aliphatic rings. The monoisotopic (exact) mass is 292 g/mol. The van der Waals surface area contributed by atoms with Gasteiger partial charge in [-0.1, -0.05) is 6.92 Å². The molecule has 6 nitrogen and oxygen atoms in total. The first-order valence-electron chi connectivity index (χ1n) is 6.91. The van der Waals surface area contributed by atoms with E-state index in [0.717, 1.165) is 6.42 Å². The molecule has 1 rings (SSSR count). The van der Waals surface area contributed by atoms with Gasteiger partial charge >= 0.3 is 0 Å².